The molecule has 5 aromatic rings. The maximum Gasteiger partial charge on any atom is 0.268 e. The van der Waals surface area contributed by atoms with Gasteiger partial charge in [0.25, 0.3) is 5.89 Å². The van der Waals surface area contributed by atoms with E-state index in [9.17, 15) is 4.39 Å². The van der Waals surface area contributed by atoms with Crippen LogP contribution in [-0.4, -0.2) is 24.8 Å². The van der Waals surface area contributed by atoms with Gasteiger partial charge in [-0.3, -0.25) is 0 Å². The fourth-order valence-corrected chi connectivity index (χ4v) is 3.30. The molecule has 0 aliphatic heterocycles. The minimum atomic E-state index is -0.293. The summed E-state index contributed by atoms with van der Waals surface area (Å²) in [5.74, 6) is 0.474. The van der Waals surface area contributed by atoms with E-state index in [-0.39, 0.29) is 5.82 Å². The van der Waals surface area contributed by atoms with Gasteiger partial charge in [-0.1, -0.05) is 23.7 Å². The lowest BCUT2D eigenvalue weighted by Crippen LogP contribution is -1.95. The number of hydrogen-bond acceptors (Lipinski definition) is 5. The molecule has 0 amide bonds. The molecule has 3 heterocycles. The molecular formula is C21H13ClFN5O. The standard InChI is InChI=1S/C21H13ClFN5O/c22-15-3-1-2-13(10-15)11-20-25-26-21(29-20)17-12-19-24-9-8-18(28(19)27-17)14-4-6-16(23)7-5-14/h1-10,12H,11H2. The summed E-state index contributed by atoms with van der Waals surface area (Å²) in [5.41, 5.74) is 3.71. The molecule has 29 heavy (non-hydrogen) atoms. The van der Waals surface area contributed by atoms with Crippen LogP contribution in [0.3, 0.4) is 0 Å². The van der Waals surface area contributed by atoms with Crippen LogP contribution in [0.2, 0.25) is 5.02 Å². The normalized spacial score (nSPS) is 11.2. The lowest BCUT2D eigenvalue weighted by molar-refractivity contribution is 0.516. The van der Waals surface area contributed by atoms with E-state index >= 15 is 0 Å². The van der Waals surface area contributed by atoms with Crippen LogP contribution in [0.4, 0.5) is 4.39 Å². The summed E-state index contributed by atoms with van der Waals surface area (Å²) in [4.78, 5) is 4.34. The topological polar surface area (TPSA) is 69.1 Å². The van der Waals surface area contributed by atoms with Crippen LogP contribution >= 0.6 is 11.6 Å². The molecule has 0 bridgehead atoms. The van der Waals surface area contributed by atoms with Crippen LogP contribution in [0.1, 0.15) is 11.5 Å². The maximum atomic E-state index is 13.3. The Kier molecular flexibility index (Phi) is 4.29. The van der Waals surface area contributed by atoms with Crippen molar-refractivity contribution >= 4 is 17.2 Å². The van der Waals surface area contributed by atoms with Crippen LogP contribution < -0.4 is 0 Å². The van der Waals surface area contributed by atoms with Crippen LogP contribution in [0.25, 0.3) is 28.5 Å². The van der Waals surface area contributed by atoms with E-state index in [0.717, 1.165) is 16.8 Å². The lowest BCUT2D eigenvalue weighted by atomic mass is 10.1. The third-order valence-corrected chi connectivity index (χ3v) is 4.66. The summed E-state index contributed by atoms with van der Waals surface area (Å²) < 4.78 is 20.7. The molecule has 142 valence electrons. The van der Waals surface area contributed by atoms with Gasteiger partial charge in [0, 0.05) is 22.8 Å². The number of benzene rings is 2. The molecule has 0 radical (unpaired) electrons. The molecular weight excluding hydrogens is 393 g/mol. The molecule has 0 atom stereocenters. The molecule has 0 aliphatic carbocycles. The third-order valence-electron chi connectivity index (χ3n) is 4.43. The van der Waals surface area contributed by atoms with E-state index < -0.39 is 0 Å². The van der Waals surface area contributed by atoms with Crippen LogP contribution in [-0.2, 0) is 6.42 Å². The molecule has 6 nitrogen and oxygen atoms in total. The molecule has 0 spiro atoms. The molecule has 0 aliphatic rings. The third kappa shape index (κ3) is 3.48. The van der Waals surface area contributed by atoms with Crippen molar-refractivity contribution in [2.45, 2.75) is 6.42 Å². The predicted molar refractivity (Wildman–Crippen MR) is 106 cm³/mol. The Labute approximate surface area is 169 Å². The van der Waals surface area contributed by atoms with Gasteiger partial charge in [-0.05, 0) is 48.0 Å². The van der Waals surface area contributed by atoms with Gasteiger partial charge >= 0.3 is 0 Å². The molecule has 3 aromatic heterocycles. The zero-order valence-corrected chi connectivity index (χ0v) is 15.7. The second-order valence-corrected chi connectivity index (χ2v) is 6.88. The Hall–Kier alpha value is -3.58. The zero-order valence-electron chi connectivity index (χ0n) is 15.0. The van der Waals surface area contributed by atoms with Gasteiger partial charge in [0.05, 0.1) is 12.1 Å². The summed E-state index contributed by atoms with van der Waals surface area (Å²) >= 11 is 6.02. The van der Waals surface area contributed by atoms with Crippen molar-refractivity contribution in [1.82, 2.24) is 24.8 Å². The lowest BCUT2D eigenvalue weighted by Gasteiger charge is -2.03. The number of hydrogen-bond donors (Lipinski definition) is 0. The fraction of sp³-hybridized carbons (Fsp3) is 0.0476. The Morgan fingerprint density at radius 1 is 1.00 bits per heavy atom. The van der Waals surface area contributed by atoms with Crippen molar-refractivity contribution in [1.29, 1.82) is 0 Å². The number of aromatic nitrogens is 5. The summed E-state index contributed by atoms with van der Waals surface area (Å²) in [5, 5.41) is 13.4. The van der Waals surface area contributed by atoms with Gasteiger partial charge in [-0.15, -0.1) is 10.2 Å². The van der Waals surface area contributed by atoms with Gasteiger partial charge in [0.1, 0.15) is 5.82 Å². The van der Waals surface area contributed by atoms with E-state index in [0.29, 0.717) is 34.6 Å². The predicted octanol–water partition coefficient (Wildman–Crippen LogP) is 4.83. The van der Waals surface area contributed by atoms with Crippen molar-refractivity contribution in [2.75, 3.05) is 0 Å². The molecule has 0 saturated heterocycles. The smallest absolute Gasteiger partial charge is 0.268 e. The van der Waals surface area contributed by atoms with Gasteiger partial charge in [0.2, 0.25) is 5.89 Å². The van der Waals surface area contributed by atoms with E-state index in [4.69, 9.17) is 16.0 Å². The minimum absolute atomic E-state index is 0.293. The second-order valence-electron chi connectivity index (χ2n) is 6.44. The van der Waals surface area contributed by atoms with Gasteiger partial charge in [-0.25, -0.2) is 13.9 Å². The summed E-state index contributed by atoms with van der Waals surface area (Å²) in [6, 6.07) is 17.3. The first-order valence-electron chi connectivity index (χ1n) is 8.84. The molecule has 0 unspecified atom stereocenters. The summed E-state index contributed by atoms with van der Waals surface area (Å²) in [7, 11) is 0. The van der Waals surface area contributed by atoms with Crippen molar-refractivity contribution in [2.24, 2.45) is 0 Å². The van der Waals surface area contributed by atoms with Crippen molar-refractivity contribution in [3.05, 3.63) is 89.2 Å². The van der Waals surface area contributed by atoms with Crippen LogP contribution in [0, 0.1) is 5.82 Å². The highest BCUT2D eigenvalue weighted by Gasteiger charge is 2.15. The molecule has 8 heteroatoms. The fourth-order valence-electron chi connectivity index (χ4n) is 3.09. The number of nitrogens with zero attached hydrogens (tertiary/aromatic N) is 5. The Morgan fingerprint density at radius 3 is 2.69 bits per heavy atom. The summed E-state index contributed by atoms with van der Waals surface area (Å²) in [6.07, 6.45) is 2.15. The maximum absolute atomic E-state index is 13.3. The number of rotatable bonds is 4. The Bertz CT molecular complexity index is 1310. The second kappa shape index (κ2) is 7.10. The Morgan fingerprint density at radius 2 is 1.86 bits per heavy atom. The van der Waals surface area contributed by atoms with E-state index in [2.05, 4.69) is 20.3 Å². The van der Waals surface area contributed by atoms with Crippen molar-refractivity contribution in [3.8, 4) is 22.8 Å². The molecule has 0 N–H and O–H groups in total. The van der Waals surface area contributed by atoms with Crippen LogP contribution in [0.15, 0.2) is 71.3 Å². The first-order chi connectivity index (χ1) is 14.2. The van der Waals surface area contributed by atoms with E-state index in [1.165, 1.54) is 12.1 Å². The first kappa shape index (κ1) is 17.5. The SMILES string of the molecule is Fc1ccc(-c2ccnc3cc(-c4nnc(Cc5cccc(Cl)c5)o4)nn23)cc1. The summed E-state index contributed by atoms with van der Waals surface area (Å²) in [6.45, 7) is 0. The van der Waals surface area contributed by atoms with Crippen molar-refractivity contribution < 1.29 is 8.81 Å². The Balaban J connectivity index is 1.49. The van der Waals surface area contributed by atoms with E-state index in [1.807, 2.05) is 30.3 Å². The van der Waals surface area contributed by atoms with Gasteiger partial charge < -0.3 is 4.42 Å². The van der Waals surface area contributed by atoms with E-state index in [1.54, 1.807) is 28.9 Å². The highest BCUT2D eigenvalue weighted by molar-refractivity contribution is 6.30. The number of fused-ring (bicyclic) bond motifs is 1. The minimum Gasteiger partial charge on any atom is -0.419 e. The molecule has 2 aromatic carbocycles. The van der Waals surface area contributed by atoms with Gasteiger partial charge in [-0.2, -0.15) is 5.10 Å². The zero-order chi connectivity index (χ0) is 19.8. The molecule has 5 rings (SSSR count). The van der Waals surface area contributed by atoms with Crippen LogP contribution in [0.5, 0.6) is 0 Å². The highest BCUT2D eigenvalue weighted by atomic mass is 35.5. The molecule has 0 saturated carbocycles. The monoisotopic (exact) mass is 405 g/mol. The molecule has 0 fully saturated rings. The largest absolute Gasteiger partial charge is 0.419 e. The highest BCUT2D eigenvalue weighted by Crippen LogP contribution is 2.24. The quantitative estimate of drug-likeness (QED) is 0.428. The van der Waals surface area contributed by atoms with Gasteiger partial charge in [0.15, 0.2) is 11.3 Å². The average Bonchev–Trinajstić information content (AvgIpc) is 3.35. The van der Waals surface area contributed by atoms with Crippen molar-refractivity contribution in [3.63, 3.8) is 0 Å². The number of halogens is 2. The first-order valence-corrected chi connectivity index (χ1v) is 9.21. The average molecular weight is 406 g/mol.